The number of pyridine rings is 1. The molecule has 2 heterocycles. The van der Waals surface area contributed by atoms with E-state index in [0.717, 1.165) is 5.69 Å². The van der Waals surface area contributed by atoms with Gasteiger partial charge in [-0.05, 0) is 25.1 Å². The average Bonchev–Trinajstić information content (AvgIpc) is 2.69. The SMILES string of the molecule is Cc1cc(C(=O)c2ccoc2)ccn1. The van der Waals surface area contributed by atoms with Gasteiger partial charge in [-0.2, -0.15) is 0 Å². The zero-order valence-electron chi connectivity index (χ0n) is 7.73. The molecular formula is C11H9NO2. The number of rotatable bonds is 2. The highest BCUT2D eigenvalue weighted by molar-refractivity contribution is 6.08. The summed E-state index contributed by atoms with van der Waals surface area (Å²) >= 11 is 0. The summed E-state index contributed by atoms with van der Waals surface area (Å²) in [6.07, 6.45) is 4.56. The van der Waals surface area contributed by atoms with Crippen LogP contribution < -0.4 is 0 Å². The summed E-state index contributed by atoms with van der Waals surface area (Å²) in [5.41, 5.74) is 2.04. The van der Waals surface area contributed by atoms with Crippen molar-refractivity contribution in [3.05, 3.63) is 53.7 Å². The van der Waals surface area contributed by atoms with E-state index in [1.807, 2.05) is 6.92 Å². The number of hydrogen-bond donors (Lipinski definition) is 0. The van der Waals surface area contributed by atoms with Gasteiger partial charge in [0, 0.05) is 17.5 Å². The van der Waals surface area contributed by atoms with Crippen molar-refractivity contribution in [2.45, 2.75) is 6.92 Å². The van der Waals surface area contributed by atoms with Gasteiger partial charge in [0.1, 0.15) is 6.26 Å². The van der Waals surface area contributed by atoms with Crippen molar-refractivity contribution < 1.29 is 9.21 Å². The first-order valence-corrected chi connectivity index (χ1v) is 4.27. The van der Waals surface area contributed by atoms with Crippen molar-refractivity contribution in [2.24, 2.45) is 0 Å². The minimum atomic E-state index is -0.0377. The Morgan fingerprint density at radius 3 is 2.86 bits per heavy atom. The van der Waals surface area contributed by atoms with Crippen LogP contribution in [0.1, 0.15) is 21.6 Å². The number of aryl methyl sites for hydroxylation is 1. The third kappa shape index (κ3) is 1.57. The summed E-state index contributed by atoms with van der Waals surface area (Å²) in [6.45, 7) is 1.85. The monoisotopic (exact) mass is 187 g/mol. The predicted molar refractivity (Wildman–Crippen MR) is 51.1 cm³/mol. The number of ketones is 1. The Hall–Kier alpha value is -1.90. The summed E-state index contributed by atoms with van der Waals surface area (Å²) in [7, 11) is 0. The molecule has 0 aliphatic heterocycles. The van der Waals surface area contributed by atoms with Gasteiger partial charge in [0.25, 0.3) is 0 Å². The molecule has 70 valence electrons. The first kappa shape index (κ1) is 8.69. The van der Waals surface area contributed by atoms with Crippen LogP contribution in [0, 0.1) is 6.92 Å². The van der Waals surface area contributed by atoms with Crippen molar-refractivity contribution in [2.75, 3.05) is 0 Å². The Labute approximate surface area is 81.4 Å². The second-order valence-electron chi connectivity index (χ2n) is 3.03. The molecule has 0 aliphatic rings. The second-order valence-corrected chi connectivity index (χ2v) is 3.03. The molecule has 0 atom stereocenters. The van der Waals surface area contributed by atoms with Crippen LogP contribution in [0.15, 0.2) is 41.3 Å². The van der Waals surface area contributed by atoms with Crippen LogP contribution in [0.5, 0.6) is 0 Å². The number of carbonyl (C=O) groups excluding carboxylic acids is 1. The minimum Gasteiger partial charge on any atom is -0.472 e. The van der Waals surface area contributed by atoms with E-state index in [4.69, 9.17) is 4.42 Å². The van der Waals surface area contributed by atoms with E-state index in [0.29, 0.717) is 11.1 Å². The maximum Gasteiger partial charge on any atom is 0.196 e. The molecule has 3 heteroatoms. The highest BCUT2D eigenvalue weighted by atomic mass is 16.3. The maximum absolute atomic E-state index is 11.8. The summed E-state index contributed by atoms with van der Waals surface area (Å²) in [5.74, 6) is -0.0377. The fourth-order valence-corrected chi connectivity index (χ4v) is 1.25. The fourth-order valence-electron chi connectivity index (χ4n) is 1.25. The lowest BCUT2D eigenvalue weighted by Gasteiger charge is -1.97. The van der Waals surface area contributed by atoms with Crippen LogP contribution >= 0.6 is 0 Å². The molecule has 0 bridgehead atoms. The van der Waals surface area contributed by atoms with Crippen molar-refractivity contribution in [1.29, 1.82) is 0 Å². The van der Waals surface area contributed by atoms with Gasteiger partial charge >= 0.3 is 0 Å². The molecule has 0 radical (unpaired) electrons. The van der Waals surface area contributed by atoms with Crippen LogP contribution in [0.25, 0.3) is 0 Å². The standard InChI is InChI=1S/C11H9NO2/c1-8-6-9(2-4-12-8)11(13)10-3-5-14-7-10/h2-7H,1H3. The van der Waals surface area contributed by atoms with E-state index < -0.39 is 0 Å². The molecule has 0 saturated carbocycles. The number of furan rings is 1. The summed E-state index contributed by atoms with van der Waals surface area (Å²) in [6, 6.07) is 5.11. The first-order chi connectivity index (χ1) is 6.77. The highest BCUT2D eigenvalue weighted by Gasteiger charge is 2.09. The van der Waals surface area contributed by atoms with Crippen LogP contribution in [-0.4, -0.2) is 10.8 Å². The van der Waals surface area contributed by atoms with E-state index in [1.165, 1.54) is 12.5 Å². The molecule has 0 aromatic carbocycles. The topological polar surface area (TPSA) is 43.1 Å². The second kappa shape index (κ2) is 3.46. The minimum absolute atomic E-state index is 0.0377. The van der Waals surface area contributed by atoms with Crippen molar-refractivity contribution in [3.8, 4) is 0 Å². The Bertz CT molecular complexity index is 446. The number of nitrogens with zero attached hydrogens (tertiary/aromatic N) is 1. The fraction of sp³-hybridized carbons (Fsp3) is 0.0909. The van der Waals surface area contributed by atoms with Crippen LogP contribution in [-0.2, 0) is 0 Å². The third-order valence-electron chi connectivity index (χ3n) is 1.94. The summed E-state index contributed by atoms with van der Waals surface area (Å²) in [5, 5.41) is 0. The molecule has 0 fully saturated rings. The lowest BCUT2D eigenvalue weighted by Crippen LogP contribution is -2.00. The molecule has 0 saturated heterocycles. The lowest BCUT2D eigenvalue weighted by molar-refractivity contribution is 0.103. The zero-order valence-corrected chi connectivity index (χ0v) is 7.73. The normalized spacial score (nSPS) is 10.1. The zero-order chi connectivity index (χ0) is 9.97. The summed E-state index contributed by atoms with van der Waals surface area (Å²) in [4.78, 5) is 15.8. The maximum atomic E-state index is 11.8. The number of carbonyl (C=O) groups is 1. The quantitative estimate of drug-likeness (QED) is 0.677. The Morgan fingerprint density at radius 2 is 2.21 bits per heavy atom. The molecule has 0 unspecified atom stereocenters. The molecule has 2 rings (SSSR count). The molecule has 2 aromatic heterocycles. The molecule has 0 aliphatic carbocycles. The number of aromatic nitrogens is 1. The van der Waals surface area contributed by atoms with Gasteiger partial charge in [-0.3, -0.25) is 9.78 Å². The molecule has 0 spiro atoms. The van der Waals surface area contributed by atoms with Crippen molar-refractivity contribution in [3.63, 3.8) is 0 Å². The molecule has 0 amide bonds. The lowest BCUT2D eigenvalue weighted by atomic mass is 10.1. The van der Waals surface area contributed by atoms with Gasteiger partial charge in [-0.15, -0.1) is 0 Å². The molecule has 2 aromatic rings. The van der Waals surface area contributed by atoms with Gasteiger partial charge in [-0.1, -0.05) is 0 Å². The predicted octanol–water partition coefficient (Wildman–Crippen LogP) is 2.21. The Morgan fingerprint density at radius 1 is 1.36 bits per heavy atom. The first-order valence-electron chi connectivity index (χ1n) is 4.27. The van der Waals surface area contributed by atoms with Gasteiger partial charge in [-0.25, -0.2) is 0 Å². The van der Waals surface area contributed by atoms with E-state index in [-0.39, 0.29) is 5.78 Å². The van der Waals surface area contributed by atoms with Crippen molar-refractivity contribution in [1.82, 2.24) is 4.98 Å². The van der Waals surface area contributed by atoms with Crippen LogP contribution in [0.2, 0.25) is 0 Å². The van der Waals surface area contributed by atoms with Gasteiger partial charge in [0.15, 0.2) is 5.78 Å². The molecule has 14 heavy (non-hydrogen) atoms. The third-order valence-corrected chi connectivity index (χ3v) is 1.94. The van der Waals surface area contributed by atoms with Gasteiger partial charge in [0.05, 0.1) is 11.8 Å². The smallest absolute Gasteiger partial charge is 0.196 e. The van der Waals surface area contributed by atoms with Gasteiger partial charge < -0.3 is 4.42 Å². The molecule has 3 nitrogen and oxygen atoms in total. The largest absolute Gasteiger partial charge is 0.472 e. The van der Waals surface area contributed by atoms with Crippen LogP contribution in [0.3, 0.4) is 0 Å². The van der Waals surface area contributed by atoms with E-state index in [1.54, 1.807) is 24.4 Å². The average molecular weight is 187 g/mol. The molecular weight excluding hydrogens is 178 g/mol. The Kier molecular flexibility index (Phi) is 2.14. The van der Waals surface area contributed by atoms with Crippen molar-refractivity contribution >= 4 is 5.78 Å². The Balaban J connectivity index is 2.37. The van der Waals surface area contributed by atoms with E-state index in [2.05, 4.69) is 4.98 Å². The van der Waals surface area contributed by atoms with Gasteiger partial charge in [0.2, 0.25) is 0 Å². The number of hydrogen-bond acceptors (Lipinski definition) is 3. The molecule has 0 N–H and O–H groups in total. The van der Waals surface area contributed by atoms with E-state index in [9.17, 15) is 4.79 Å². The van der Waals surface area contributed by atoms with E-state index >= 15 is 0 Å². The highest BCUT2D eigenvalue weighted by Crippen LogP contribution is 2.10. The van der Waals surface area contributed by atoms with Crippen LogP contribution in [0.4, 0.5) is 0 Å². The summed E-state index contributed by atoms with van der Waals surface area (Å²) < 4.78 is 4.85.